The van der Waals surface area contributed by atoms with Crippen LogP contribution in [-0.2, 0) is 0 Å². The highest BCUT2D eigenvalue weighted by Crippen LogP contribution is 2.49. The van der Waals surface area contributed by atoms with Crippen molar-refractivity contribution < 1.29 is 0 Å². The third kappa shape index (κ3) is 6.11. The zero-order chi connectivity index (χ0) is 43.6. The number of hydrogen-bond acceptors (Lipinski definition) is 1. The molecule has 0 aliphatic carbocycles. The van der Waals surface area contributed by atoms with Gasteiger partial charge in [0.1, 0.15) is 0 Å². The second-order valence-electron chi connectivity index (χ2n) is 17.2. The van der Waals surface area contributed by atoms with Gasteiger partial charge in [0.05, 0.1) is 28.1 Å². The molecule has 0 saturated heterocycles. The standard InChI is InChI=1S/C64H42N2/c1-3-17-43(18-4-1)47-21-15-22-48(41-47)49-23-16-24-50(42-49)65(58-30-12-9-27-53(58)52-26-8-7-25-51(52)44-19-5-2-6-20-44)61-39-35-45-34-38-57-62(40-36-46-33-37-56(61)63(45)64(46)57)66-59-31-13-10-28-54(59)55-29-11-14-32-60(55)66/h1-42H. The Morgan fingerprint density at radius 2 is 0.773 bits per heavy atom. The maximum Gasteiger partial charge on any atom is 0.0541 e. The van der Waals surface area contributed by atoms with E-state index < -0.39 is 0 Å². The van der Waals surface area contributed by atoms with E-state index in [1.54, 1.807) is 0 Å². The van der Waals surface area contributed by atoms with Gasteiger partial charge in [0, 0.05) is 32.8 Å². The zero-order valence-corrected chi connectivity index (χ0v) is 36.1. The number of fused-ring (bicyclic) bond motifs is 3. The Balaban J connectivity index is 1.06. The molecule has 0 bridgehead atoms. The summed E-state index contributed by atoms with van der Waals surface area (Å²) in [5.41, 5.74) is 16.4. The topological polar surface area (TPSA) is 8.17 Å². The molecule has 12 aromatic carbocycles. The predicted octanol–water partition coefficient (Wildman–Crippen LogP) is 17.8. The second-order valence-corrected chi connectivity index (χ2v) is 17.2. The van der Waals surface area contributed by atoms with Crippen LogP contribution in [0.4, 0.5) is 17.1 Å². The minimum atomic E-state index is 1.09. The minimum absolute atomic E-state index is 1.09. The lowest BCUT2D eigenvalue weighted by molar-refractivity contribution is 1.20. The van der Waals surface area contributed by atoms with E-state index in [1.807, 2.05) is 0 Å². The van der Waals surface area contributed by atoms with Crippen LogP contribution >= 0.6 is 0 Å². The van der Waals surface area contributed by atoms with E-state index in [9.17, 15) is 0 Å². The molecule has 1 heterocycles. The fourth-order valence-corrected chi connectivity index (χ4v) is 10.6. The van der Waals surface area contributed by atoms with Crippen LogP contribution in [0.5, 0.6) is 0 Å². The summed E-state index contributed by atoms with van der Waals surface area (Å²) in [5, 5.41) is 9.96. The van der Waals surface area contributed by atoms with Crippen molar-refractivity contribution in [3.05, 3.63) is 255 Å². The van der Waals surface area contributed by atoms with Crippen LogP contribution in [0.2, 0.25) is 0 Å². The van der Waals surface area contributed by atoms with Gasteiger partial charge in [-0.3, -0.25) is 0 Å². The summed E-state index contributed by atoms with van der Waals surface area (Å²) >= 11 is 0. The summed E-state index contributed by atoms with van der Waals surface area (Å²) in [7, 11) is 0. The normalized spacial score (nSPS) is 11.6. The molecule has 0 spiro atoms. The lowest BCUT2D eigenvalue weighted by Crippen LogP contribution is -2.12. The van der Waals surface area contributed by atoms with E-state index in [1.165, 1.54) is 93.2 Å². The number of rotatable bonds is 8. The largest absolute Gasteiger partial charge is 0.309 e. The van der Waals surface area contributed by atoms with Gasteiger partial charge < -0.3 is 9.47 Å². The maximum atomic E-state index is 2.50. The average Bonchev–Trinajstić information content (AvgIpc) is 3.73. The molecule has 2 nitrogen and oxygen atoms in total. The van der Waals surface area contributed by atoms with Crippen molar-refractivity contribution >= 4 is 71.2 Å². The molecule has 0 saturated carbocycles. The highest BCUT2D eigenvalue weighted by molar-refractivity contribution is 6.27. The molecule has 0 amide bonds. The Labute approximate surface area is 383 Å². The SMILES string of the molecule is c1ccc(-c2cccc(-c3cccc(N(c4ccccc4-c4ccccc4-c4ccccc4)c4ccc5ccc6c(-n7c8ccccc8c8ccccc87)ccc7ccc4c5c76)c3)c2)cc1. The number of nitrogens with zero attached hydrogens (tertiary/aromatic N) is 2. The molecule has 0 aliphatic heterocycles. The van der Waals surface area contributed by atoms with E-state index in [0.29, 0.717) is 0 Å². The van der Waals surface area contributed by atoms with E-state index in [-0.39, 0.29) is 0 Å². The molecule has 13 rings (SSSR count). The van der Waals surface area contributed by atoms with Gasteiger partial charge >= 0.3 is 0 Å². The minimum Gasteiger partial charge on any atom is -0.309 e. The summed E-state index contributed by atoms with van der Waals surface area (Å²) in [6.45, 7) is 0. The molecule has 0 fully saturated rings. The highest BCUT2D eigenvalue weighted by Gasteiger charge is 2.24. The van der Waals surface area contributed by atoms with Crippen LogP contribution in [0, 0.1) is 0 Å². The number of anilines is 3. The van der Waals surface area contributed by atoms with Crippen molar-refractivity contribution in [1.29, 1.82) is 0 Å². The first-order chi connectivity index (χ1) is 32.8. The van der Waals surface area contributed by atoms with Gasteiger partial charge in [0.2, 0.25) is 0 Å². The molecule has 0 atom stereocenters. The molecule has 0 aliphatic rings. The summed E-state index contributed by atoms with van der Waals surface area (Å²) in [6.07, 6.45) is 0. The molecule has 13 aromatic rings. The van der Waals surface area contributed by atoms with Crippen molar-refractivity contribution in [2.24, 2.45) is 0 Å². The molecule has 308 valence electrons. The van der Waals surface area contributed by atoms with E-state index in [4.69, 9.17) is 0 Å². The number of aromatic nitrogens is 1. The van der Waals surface area contributed by atoms with Crippen LogP contribution in [0.1, 0.15) is 0 Å². The van der Waals surface area contributed by atoms with Gasteiger partial charge in [-0.1, -0.05) is 206 Å². The zero-order valence-electron chi connectivity index (χ0n) is 36.1. The van der Waals surface area contributed by atoms with E-state index in [2.05, 4.69) is 264 Å². The molecular formula is C64H42N2. The van der Waals surface area contributed by atoms with Gasteiger partial charge in [-0.25, -0.2) is 0 Å². The molecule has 0 unspecified atom stereocenters. The monoisotopic (exact) mass is 838 g/mol. The molecular weight excluding hydrogens is 797 g/mol. The Hall–Kier alpha value is -8.72. The number of benzene rings is 12. The van der Waals surface area contributed by atoms with Gasteiger partial charge in [-0.2, -0.15) is 0 Å². The lowest BCUT2D eigenvalue weighted by atomic mass is 9.91. The molecule has 2 heteroatoms. The summed E-state index contributed by atoms with van der Waals surface area (Å²) in [5.74, 6) is 0. The molecule has 0 radical (unpaired) electrons. The first-order valence-corrected chi connectivity index (χ1v) is 22.8. The molecule has 0 N–H and O–H groups in total. The van der Waals surface area contributed by atoms with Crippen molar-refractivity contribution in [3.63, 3.8) is 0 Å². The highest BCUT2D eigenvalue weighted by atomic mass is 15.1. The smallest absolute Gasteiger partial charge is 0.0541 e. The first kappa shape index (κ1) is 37.8. The Morgan fingerprint density at radius 1 is 0.273 bits per heavy atom. The van der Waals surface area contributed by atoms with E-state index in [0.717, 1.165) is 28.2 Å². The van der Waals surface area contributed by atoms with Gasteiger partial charge in [-0.05, 0) is 109 Å². The molecule has 66 heavy (non-hydrogen) atoms. The lowest BCUT2D eigenvalue weighted by Gasteiger charge is -2.30. The van der Waals surface area contributed by atoms with Gasteiger partial charge in [0.25, 0.3) is 0 Å². The Morgan fingerprint density at radius 3 is 1.50 bits per heavy atom. The number of para-hydroxylation sites is 3. The van der Waals surface area contributed by atoms with Crippen molar-refractivity contribution in [2.75, 3.05) is 4.90 Å². The van der Waals surface area contributed by atoms with Crippen molar-refractivity contribution in [3.8, 4) is 50.2 Å². The van der Waals surface area contributed by atoms with Crippen LogP contribution in [0.3, 0.4) is 0 Å². The van der Waals surface area contributed by atoms with Crippen LogP contribution in [-0.4, -0.2) is 4.57 Å². The fraction of sp³-hybridized carbons (Fsp3) is 0. The van der Waals surface area contributed by atoms with E-state index >= 15 is 0 Å². The third-order valence-electron chi connectivity index (χ3n) is 13.5. The van der Waals surface area contributed by atoms with Gasteiger partial charge in [-0.15, -0.1) is 0 Å². The number of hydrogen-bond donors (Lipinski definition) is 0. The quantitative estimate of drug-likeness (QED) is 0.138. The van der Waals surface area contributed by atoms with Crippen LogP contribution in [0.15, 0.2) is 255 Å². The average molecular weight is 839 g/mol. The third-order valence-corrected chi connectivity index (χ3v) is 13.5. The Bertz CT molecular complexity index is 3880. The first-order valence-electron chi connectivity index (χ1n) is 22.8. The van der Waals surface area contributed by atoms with Gasteiger partial charge in [0.15, 0.2) is 0 Å². The fourth-order valence-electron chi connectivity index (χ4n) is 10.6. The van der Waals surface area contributed by atoms with Crippen molar-refractivity contribution in [1.82, 2.24) is 4.57 Å². The van der Waals surface area contributed by atoms with Crippen LogP contribution in [0.25, 0.3) is 104 Å². The maximum absolute atomic E-state index is 2.50. The molecule has 1 aromatic heterocycles. The summed E-state index contributed by atoms with van der Waals surface area (Å²) < 4.78 is 2.46. The summed E-state index contributed by atoms with van der Waals surface area (Å²) in [4.78, 5) is 2.50. The Kier molecular flexibility index (Phi) is 8.89. The summed E-state index contributed by atoms with van der Waals surface area (Å²) in [6, 6.07) is 93.3. The van der Waals surface area contributed by atoms with Crippen molar-refractivity contribution in [2.45, 2.75) is 0 Å². The predicted molar refractivity (Wildman–Crippen MR) is 281 cm³/mol. The second kappa shape index (κ2) is 15.5. The van der Waals surface area contributed by atoms with Crippen LogP contribution < -0.4 is 4.90 Å².